The molecule has 8 heteroatoms. The number of H-pyrrole nitrogens is 1. The summed E-state index contributed by atoms with van der Waals surface area (Å²) in [5.74, 6) is 0.726. The fraction of sp³-hybridized carbons (Fsp3) is 0.344. The molecular weight excluding hydrogens is 529 g/mol. The SMILES string of the molecule is O=C(Oc1ccc(F)cc1)N1CCc2c([nH]c3ccc(Cl)cc23)C1c1ccc(OCCCCN2CCCC2)cc1. The third kappa shape index (κ3) is 5.81. The lowest BCUT2D eigenvalue weighted by molar-refractivity contribution is 0.135. The second kappa shape index (κ2) is 11.9. The topological polar surface area (TPSA) is 57.8 Å². The molecule has 0 aliphatic carbocycles. The summed E-state index contributed by atoms with van der Waals surface area (Å²) in [5.41, 5.74) is 4.00. The highest BCUT2D eigenvalue weighted by atomic mass is 35.5. The van der Waals surface area contributed by atoms with Gasteiger partial charge in [-0.05, 0) is 117 Å². The molecule has 6 nitrogen and oxygen atoms in total. The van der Waals surface area contributed by atoms with E-state index < -0.39 is 12.1 Å². The van der Waals surface area contributed by atoms with Gasteiger partial charge in [0, 0.05) is 28.2 Å². The maximum absolute atomic E-state index is 13.4. The van der Waals surface area contributed by atoms with Gasteiger partial charge in [-0.1, -0.05) is 23.7 Å². The molecule has 1 N–H and O–H groups in total. The van der Waals surface area contributed by atoms with Crippen molar-refractivity contribution in [2.75, 3.05) is 32.8 Å². The van der Waals surface area contributed by atoms with Gasteiger partial charge in [-0.25, -0.2) is 9.18 Å². The summed E-state index contributed by atoms with van der Waals surface area (Å²) in [4.78, 5) is 21.2. The van der Waals surface area contributed by atoms with Crippen LogP contribution in [-0.4, -0.2) is 53.7 Å². The fourth-order valence-electron chi connectivity index (χ4n) is 5.85. The van der Waals surface area contributed by atoms with Crippen LogP contribution in [0.5, 0.6) is 11.5 Å². The summed E-state index contributed by atoms with van der Waals surface area (Å²) in [7, 11) is 0. The van der Waals surface area contributed by atoms with Crippen LogP contribution >= 0.6 is 11.6 Å². The number of hydrogen-bond donors (Lipinski definition) is 1. The molecule has 2 aliphatic rings. The zero-order valence-electron chi connectivity index (χ0n) is 22.4. The van der Waals surface area contributed by atoms with Crippen molar-refractivity contribution in [3.63, 3.8) is 0 Å². The van der Waals surface area contributed by atoms with E-state index >= 15 is 0 Å². The number of likely N-dealkylation sites (tertiary alicyclic amines) is 1. The van der Waals surface area contributed by atoms with Crippen molar-refractivity contribution in [3.8, 4) is 11.5 Å². The number of carbonyl (C=O) groups is 1. The summed E-state index contributed by atoms with van der Waals surface area (Å²) < 4.78 is 25.1. The van der Waals surface area contributed by atoms with E-state index in [1.165, 1.54) is 50.2 Å². The summed E-state index contributed by atoms with van der Waals surface area (Å²) in [6.45, 7) is 4.74. The predicted octanol–water partition coefficient (Wildman–Crippen LogP) is 7.36. The van der Waals surface area contributed by atoms with Crippen LogP contribution in [0.2, 0.25) is 5.02 Å². The molecule has 0 radical (unpaired) electrons. The minimum Gasteiger partial charge on any atom is -0.494 e. The Morgan fingerprint density at radius 2 is 1.70 bits per heavy atom. The third-order valence-corrected chi connectivity index (χ3v) is 8.11. The van der Waals surface area contributed by atoms with Crippen LogP contribution in [0.3, 0.4) is 0 Å². The Morgan fingerprint density at radius 1 is 0.950 bits per heavy atom. The van der Waals surface area contributed by atoms with Crippen LogP contribution in [-0.2, 0) is 6.42 Å². The minimum absolute atomic E-state index is 0.299. The van der Waals surface area contributed by atoms with Gasteiger partial charge in [0.1, 0.15) is 23.4 Å². The zero-order chi connectivity index (χ0) is 27.5. The first-order chi connectivity index (χ1) is 19.5. The van der Waals surface area contributed by atoms with Gasteiger partial charge in [0.2, 0.25) is 0 Å². The lowest BCUT2D eigenvalue weighted by atomic mass is 9.92. The van der Waals surface area contributed by atoms with Crippen molar-refractivity contribution < 1.29 is 18.7 Å². The maximum atomic E-state index is 13.4. The van der Waals surface area contributed by atoms with Crippen LogP contribution in [0.4, 0.5) is 9.18 Å². The third-order valence-electron chi connectivity index (χ3n) is 7.87. The Bertz CT molecular complexity index is 1470. The Hall–Kier alpha value is -3.55. The molecule has 40 heavy (non-hydrogen) atoms. The molecule has 1 amide bonds. The monoisotopic (exact) mass is 561 g/mol. The molecule has 2 aliphatic heterocycles. The molecule has 4 aromatic rings. The molecule has 6 rings (SSSR count). The highest BCUT2D eigenvalue weighted by Gasteiger charge is 2.35. The maximum Gasteiger partial charge on any atom is 0.416 e. The smallest absolute Gasteiger partial charge is 0.416 e. The van der Waals surface area contributed by atoms with E-state index in [9.17, 15) is 9.18 Å². The number of nitrogens with one attached hydrogen (secondary N) is 1. The van der Waals surface area contributed by atoms with E-state index in [4.69, 9.17) is 21.1 Å². The van der Waals surface area contributed by atoms with Gasteiger partial charge >= 0.3 is 6.09 Å². The lowest BCUT2D eigenvalue weighted by Crippen LogP contribution is -2.42. The fourth-order valence-corrected chi connectivity index (χ4v) is 6.02. The number of unbranched alkanes of at least 4 members (excludes halogenated alkanes) is 1. The number of amides is 1. The highest BCUT2D eigenvalue weighted by Crippen LogP contribution is 2.40. The number of rotatable bonds is 8. The number of benzene rings is 3. The standard InChI is InChI=1S/C32H33ClFN3O3/c33-23-7-14-29-28(21-23)27-15-19-37(32(38)40-26-12-8-24(34)9-13-26)31(30(27)35-29)22-5-10-25(11-6-22)39-20-4-3-18-36-16-1-2-17-36/h5-14,21,31,35H,1-4,15-20H2. The van der Waals surface area contributed by atoms with Crippen LogP contribution in [0, 0.1) is 5.82 Å². The predicted molar refractivity (Wildman–Crippen MR) is 155 cm³/mol. The molecule has 3 aromatic carbocycles. The Kier molecular flexibility index (Phi) is 7.93. The number of aromatic nitrogens is 1. The number of aromatic amines is 1. The average Bonchev–Trinajstić information content (AvgIpc) is 3.62. The van der Waals surface area contributed by atoms with Crippen molar-refractivity contribution >= 4 is 28.6 Å². The second-order valence-corrected chi connectivity index (χ2v) is 11.0. The van der Waals surface area contributed by atoms with Gasteiger partial charge < -0.3 is 19.4 Å². The molecule has 1 fully saturated rings. The number of hydrogen-bond acceptors (Lipinski definition) is 4. The first-order valence-electron chi connectivity index (χ1n) is 14.0. The Labute approximate surface area is 238 Å². The van der Waals surface area contributed by atoms with Crippen molar-refractivity contribution in [2.45, 2.75) is 38.1 Å². The summed E-state index contributed by atoms with van der Waals surface area (Å²) in [6, 6.07) is 18.8. The number of halogens is 2. The van der Waals surface area contributed by atoms with E-state index in [0.29, 0.717) is 30.3 Å². The Balaban J connectivity index is 1.21. The summed E-state index contributed by atoms with van der Waals surface area (Å²) in [5, 5.41) is 1.74. The van der Waals surface area contributed by atoms with Gasteiger partial charge in [0.05, 0.1) is 6.61 Å². The van der Waals surface area contributed by atoms with Gasteiger partial charge in [-0.15, -0.1) is 0 Å². The van der Waals surface area contributed by atoms with Gasteiger partial charge in [0.25, 0.3) is 0 Å². The van der Waals surface area contributed by atoms with Crippen molar-refractivity contribution in [1.29, 1.82) is 0 Å². The van der Waals surface area contributed by atoms with Crippen molar-refractivity contribution in [3.05, 3.63) is 94.4 Å². The highest BCUT2D eigenvalue weighted by molar-refractivity contribution is 6.31. The van der Waals surface area contributed by atoms with Crippen LogP contribution < -0.4 is 9.47 Å². The summed E-state index contributed by atoms with van der Waals surface area (Å²) >= 11 is 6.32. The molecule has 0 bridgehead atoms. The first kappa shape index (κ1) is 26.7. The van der Waals surface area contributed by atoms with Crippen molar-refractivity contribution in [1.82, 2.24) is 14.8 Å². The number of fused-ring (bicyclic) bond motifs is 3. The van der Waals surface area contributed by atoms with E-state index in [2.05, 4.69) is 9.88 Å². The number of nitrogens with zero attached hydrogens (tertiary/aromatic N) is 2. The molecule has 0 spiro atoms. The molecule has 1 aromatic heterocycles. The van der Waals surface area contributed by atoms with Crippen LogP contribution in [0.1, 0.15) is 48.5 Å². The van der Waals surface area contributed by atoms with E-state index in [0.717, 1.165) is 52.9 Å². The van der Waals surface area contributed by atoms with Crippen LogP contribution in [0.15, 0.2) is 66.7 Å². The molecule has 1 atom stereocenters. The molecule has 0 saturated carbocycles. The quantitative estimate of drug-likeness (QED) is 0.228. The van der Waals surface area contributed by atoms with E-state index in [-0.39, 0.29) is 5.82 Å². The van der Waals surface area contributed by atoms with Gasteiger partial charge in [-0.3, -0.25) is 4.90 Å². The normalized spacial score (nSPS) is 17.2. The lowest BCUT2D eigenvalue weighted by Gasteiger charge is -2.35. The largest absolute Gasteiger partial charge is 0.494 e. The van der Waals surface area contributed by atoms with E-state index in [1.54, 1.807) is 4.90 Å². The van der Waals surface area contributed by atoms with Crippen LogP contribution in [0.25, 0.3) is 10.9 Å². The molecular formula is C32H33ClFN3O3. The molecule has 3 heterocycles. The minimum atomic E-state index is -0.489. The van der Waals surface area contributed by atoms with Gasteiger partial charge in [-0.2, -0.15) is 0 Å². The Morgan fingerprint density at radius 3 is 2.48 bits per heavy atom. The molecule has 1 saturated heterocycles. The second-order valence-electron chi connectivity index (χ2n) is 10.5. The zero-order valence-corrected chi connectivity index (χ0v) is 23.1. The average molecular weight is 562 g/mol. The molecule has 1 unspecified atom stereocenters. The molecule has 208 valence electrons. The first-order valence-corrected chi connectivity index (χ1v) is 14.4. The summed E-state index contributed by atoms with van der Waals surface area (Å²) in [6.07, 6.45) is 4.96. The number of carbonyl (C=O) groups excluding carboxylic acids is 1. The van der Waals surface area contributed by atoms with E-state index in [1.807, 2.05) is 42.5 Å². The van der Waals surface area contributed by atoms with Crippen molar-refractivity contribution in [2.24, 2.45) is 0 Å². The van der Waals surface area contributed by atoms with Gasteiger partial charge in [0.15, 0.2) is 0 Å². The number of ether oxygens (including phenoxy) is 2.